The molecule has 1 N–H and O–H groups in total. The van der Waals surface area contributed by atoms with Crippen LogP contribution in [-0.2, 0) is 23.2 Å². The van der Waals surface area contributed by atoms with Gasteiger partial charge in [-0.3, -0.25) is 14.4 Å². The molecule has 3 aromatic rings. The summed E-state index contributed by atoms with van der Waals surface area (Å²) in [5.74, 6) is -0.475. The SMILES string of the molecule is COc1cc(C2CC(=O)NC3=C2C(=O)[C@@]2(Oc4c(Cl)c(OC)cc(OC)c4C2=O)[C@H](C)C3)ccc1OCc1nccn1C. The Labute approximate surface area is 252 Å². The van der Waals surface area contributed by atoms with E-state index in [2.05, 4.69) is 10.3 Å². The van der Waals surface area contributed by atoms with Gasteiger partial charge >= 0.3 is 0 Å². The normalized spacial score (nSPS) is 22.6. The smallest absolute Gasteiger partial charge is 0.236 e. The maximum atomic E-state index is 14.6. The van der Waals surface area contributed by atoms with Crippen molar-refractivity contribution in [2.75, 3.05) is 21.3 Å². The molecule has 1 aliphatic carbocycles. The molecule has 0 bridgehead atoms. The number of benzene rings is 2. The molecular weight excluding hydrogens is 578 g/mol. The van der Waals surface area contributed by atoms with Gasteiger partial charge in [-0.05, 0) is 24.1 Å². The minimum Gasteiger partial charge on any atom is -0.496 e. The number of methoxy groups -OCH3 is 3. The summed E-state index contributed by atoms with van der Waals surface area (Å²) in [6.45, 7) is 1.96. The molecule has 224 valence electrons. The maximum absolute atomic E-state index is 14.6. The number of carbonyl (C=O) groups is 3. The Balaban J connectivity index is 1.39. The van der Waals surface area contributed by atoms with Crippen molar-refractivity contribution in [3.63, 3.8) is 0 Å². The molecule has 2 aliphatic heterocycles. The number of amides is 1. The molecule has 3 heterocycles. The van der Waals surface area contributed by atoms with Gasteiger partial charge in [-0.2, -0.15) is 0 Å². The van der Waals surface area contributed by atoms with E-state index in [4.69, 9.17) is 35.3 Å². The quantitative estimate of drug-likeness (QED) is 0.394. The third-order valence-electron chi connectivity index (χ3n) is 8.43. The first-order chi connectivity index (χ1) is 20.6. The number of nitrogens with one attached hydrogen (secondary N) is 1. The fourth-order valence-corrected chi connectivity index (χ4v) is 6.44. The van der Waals surface area contributed by atoms with Gasteiger partial charge in [0.1, 0.15) is 34.5 Å². The van der Waals surface area contributed by atoms with Crippen molar-refractivity contribution in [2.45, 2.75) is 37.9 Å². The van der Waals surface area contributed by atoms with Crippen LogP contribution in [0.15, 0.2) is 47.9 Å². The van der Waals surface area contributed by atoms with E-state index < -0.39 is 29.0 Å². The zero-order valence-corrected chi connectivity index (χ0v) is 25.0. The van der Waals surface area contributed by atoms with Gasteiger partial charge < -0.3 is 33.6 Å². The van der Waals surface area contributed by atoms with Crippen LogP contribution in [0.3, 0.4) is 0 Å². The summed E-state index contributed by atoms with van der Waals surface area (Å²) >= 11 is 6.57. The Bertz CT molecular complexity index is 1710. The number of rotatable bonds is 7. The summed E-state index contributed by atoms with van der Waals surface area (Å²) in [7, 11) is 6.24. The number of imidazole rings is 1. The molecule has 12 heteroatoms. The van der Waals surface area contributed by atoms with Crippen LogP contribution in [0.5, 0.6) is 28.7 Å². The highest BCUT2D eigenvalue weighted by molar-refractivity contribution is 6.36. The van der Waals surface area contributed by atoms with Gasteiger partial charge in [0.25, 0.3) is 0 Å². The van der Waals surface area contributed by atoms with Crippen molar-refractivity contribution in [1.82, 2.24) is 14.9 Å². The largest absolute Gasteiger partial charge is 0.496 e. The van der Waals surface area contributed by atoms with Crippen LogP contribution in [0.1, 0.15) is 47.4 Å². The number of aromatic nitrogens is 2. The van der Waals surface area contributed by atoms with E-state index in [0.717, 1.165) is 5.82 Å². The van der Waals surface area contributed by atoms with Crippen molar-refractivity contribution < 1.29 is 38.1 Å². The number of Topliss-reactive ketones (excluding diaryl/α,β-unsaturated/α-hetero) is 2. The first-order valence-corrected chi connectivity index (χ1v) is 14.0. The van der Waals surface area contributed by atoms with Crippen LogP contribution in [-0.4, -0.2) is 54.0 Å². The predicted molar refractivity (Wildman–Crippen MR) is 154 cm³/mol. The summed E-state index contributed by atoms with van der Waals surface area (Å²) in [6.07, 6.45) is 3.73. The number of carbonyl (C=O) groups excluding carboxylic acids is 3. The zero-order valence-electron chi connectivity index (χ0n) is 24.3. The van der Waals surface area contributed by atoms with Gasteiger partial charge in [-0.15, -0.1) is 0 Å². The number of hydrogen-bond acceptors (Lipinski definition) is 9. The molecule has 0 radical (unpaired) electrons. The monoisotopic (exact) mass is 607 g/mol. The molecule has 0 saturated heterocycles. The number of hydrogen-bond donors (Lipinski definition) is 1. The van der Waals surface area contributed by atoms with E-state index >= 15 is 0 Å². The molecule has 11 nitrogen and oxygen atoms in total. The fourth-order valence-electron chi connectivity index (χ4n) is 6.17. The van der Waals surface area contributed by atoms with Gasteiger partial charge in [-0.25, -0.2) is 4.98 Å². The van der Waals surface area contributed by atoms with Gasteiger partial charge in [-0.1, -0.05) is 24.6 Å². The van der Waals surface area contributed by atoms with Crippen molar-refractivity contribution in [3.8, 4) is 28.7 Å². The average Bonchev–Trinajstić information content (AvgIpc) is 3.55. The lowest BCUT2D eigenvalue weighted by atomic mass is 9.66. The Morgan fingerprint density at radius 2 is 1.77 bits per heavy atom. The lowest BCUT2D eigenvalue weighted by Gasteiger charge is -2.41. The first-order valence-electron chi connectivity index (χ1n) is 13.7. The molecule has 0 saturated carbocycles. The molecule has 1 spiro atoms. The van der Waals surface area contributed by atoms with Gasteiger partial charge in [0.05, 0.1) is 21.3 Å². The molecule has 1 aromatic heterocycles. The third-order valence-corrected chi connectivity index (χ3v) is 8.78. The lowest BCUT2D eigenvalue weighted by Crippen LogP contribution is -2.59. The highest BCUT2D eigenvalue weighted by Crippen LogP contribution is 2.55. The molecule has 3 aliphatic rings. The van der Waals surface area contributed by atoms with Crippen molar-refractivity contribution in [3.05, 3.63) is 69.9 Å². The second-order valence-corrected chi connectivity index (χ2v) is 11.1. The number of ketones is 2. The van der Waals surface area contributed by atoms with Crippen LogP contribution in [0.25, 0.3) is 0 Å². The zero-order chi connectivity index (χ0) is 30.6. The lowest BCUT2D eigenvalue weighted by molar-refractivity contribution is -0.131. The Kier molecular flexibility index (Phi) is 7.08. The van der Waals surface area contributed by atoms with E-state index in [1.165, 1.54) is 27.4 Å². The first kappa shape index (κ1) is 28.6. The van der Waals surface area contributed by atoms with E-state index in [9.17, 15) is 14.4 Å². The van der Waals surface area contributed by atoms with Crippen molar-refractivity contribution >= 4 is 29.1 Å². The van der Waals surface area contributed by atoms with Crippen LogP contribution in [0.2, 0.25) is 5.02 Å². The number of nitrogens with zero attached hydrogens (tertiary/aromatic N) is 2. The second kappa shape index (κ2) is 10.6. The molecular formula is C31H30ClN3O8. The van der Waals surface area contributed by atoms with Gasteiger partial charge in [0.15, 0.2) is 17.2 Å². The summed E-state index contributed by atoms with van der Waals surface area (Å²) in [5.41, 5.74) is -0.363. The standard InChI is InChI=1S/C31H30ClN3O8/c1-15-10-18-25(29(37)31(15)30(38)26-21(40-4)13-22(41-5)27(32)28(26)43-31)17(12-24(36)34-18)16-6-7-19(20(11-16)39-3)42-14-23-33-8-9-35(23)2/h6-9,11,13,15,17H,10,12,14H2,1-5H3,(H,34,36)/t15-,17?,31+/m1/s1. The van der Waals surface area contributed by atoms with Crippen LogP contribution < -0.4 is 29.0 Å². The molecule has 1 amide bonds. The number of aryl methyl sites for hydroxylation is 1. The summed E-state index contributed by atoms with van der Waals surface area (Å²) in [5, 5.41) is 2.94. The molecule has 1 unspecified atom stereocenters. The number of halogens is 1. The fraction of sp³-hybridized carbons (Fsp3) is 0.355. The third kappa shape index (κ3) is 4.32. The minimum absolute atomic E-state index is 0.00922. The summed E-state index contributed by atoms with van der Waals surface area (Å²) in [6, 6.07) is 6.77. The predicted octanol–water partition coefficient (Wildman–Crippen LogP) is 4.16. The van der Waals surface area contributed by atoms with Crippen LogP contribution in [0, 0.1) is 5.92 Å². The maximum Gasteiger partial charge on any atom is 0.236 e. The van der Waals surface area contributed by atoms with Crippen LogP contribution in [0.4, 0.5) is 0 Å². The Morgan fingerprint density at radius 3 is 2.44 bits per heavy atom. The van der Waals surface area contributed by atoms with Crippen molar-refractivity contribution in [2.24, 2.45) is 13.0 Å². The summed E-state index contributed by atoms with van der Waals surface area (Å²) in [4.78, 5) is 45.9. The van der Waals surface area contributed by atoms with E-state index in [1.54, 1.807) is 31.3 Å². The Morgan fingerprint density at radius 1 is 1.02 bits per heavy atom. The highest BCUT2D eigenvalue weighted by atomic mass is 35.5. The van der Waals surface area contributed by atoms with Gasteiger partial charge in [0, 0.05) is 55.0 Å². The second-order valence-electron chi connectivity index (χ2n) is 10.8. The van der Waals surface area contributed by atoms with E-state index in [-0.39, 0.29) is 53.2 Å². The number of ether oxygens (including phenoxy) is 5. The molecule has 3 atom stereocenters. The highest BCUT2D eigenvalue weighted by Gasteiger charge is 2.63. The topological polar surface area (TPSA) is 127 Å². The molecule has 43 heavy (non-hydrogen) atoms. The van der Waals surface area contributed by atoms with Crippen molar-refractivity contribution in [1.29, 1.82) is 0 Å². The summed E-state index contributed by atoms with van der Waals surface area (Å²) < 4.78 is 30.6. The van der Waals surface area contributed by atoms with Crippen LogP contribution >= 0.6 is 11.6 Å². The molecule has 2 aromatic carbocycles. The molecule has 0 fully saturated rings. The average molecular weight is 608 g/mol. The Hall–Kier alpha value is -4.51. The van der Waals surface area contributed by atoms with E-state index in [1.807, 2.05) is 17.8 Å². The van der Waals surface area contributed by atoms with E-state index in [0.29, 0.717) is 28.3 Å². The number of allylic oxidation sites excluding steroid dienone is 1. The number of fused-ring (bicyclic) bond motifs is 1. The minimum atomic E-state index is -1.89. The van der Waals surface area contributed by atoms with Gasteiger partial charge in [0.2, 0.25) is 23.1 Å². The molecule has 6 rings (SSSR count).